The number of nitrogens with two attached hydrogens (primary N) is 1. The third-order valence-electron chi connectivity index (χ3n) is 3.57. The number of benzene rings is 2. The molecule has 0 spiro atoms. The Balaban J connectivity index is 2.11. The Morgan fingerprint density at radius 3 is 2.44 bits per heavy atom. The van der Waals surface area contributed by atoms with E-state index in [4.69, 9.17) is 17.0 Å². The Morgan fingerprint density at radius 2 is 1.89 bits per heavy atom. The van der Waals surface area contributed by atoms with E-state index < -0.39 is 35.5 Å². The Labute approximate surface area is 153 Å². The van der Waals surface area contributed by atoms with E-state index in [1.165, 1.54) is 0 Å². The van der Waals surface area contributed by atoms with Crippen LogP contribution >= 0.6 is 0 Å². The number of rotatable bonds is 5. The minimum atomic E-state index is -4.75. The molecule has 2 aromatic rings. The molecule has 0 saturated heterocycles. The highest BCUT2D eigenvalue weighted by molar-refractivity contribution is 5.97. The van der Waals surface area contributed by atoms with Gasteiger partial charge in [-0.2, -0.15) is 13.2 Å². The molecular weight excluding hydrogens is 363 g/mol. The Morgan fingerprint density at radius 1 is 1.26 bits per heavy atom. The van der Waals surface area contributed by atoms with Crippen molar-refractivity contribution in [1.29, 1.82) is 0 Å². The number of ether oxygens (including phenoxy) is 1. The summed E-state index contributed by atoms with van der Waals surface area (Å²) in [7, 11) is 0. The predicted octanol–water partition coefficient (Wildman–Crippen LogP) is 3.61. The first-order valence-electron chi connectivity index (χ1n) is 7.64. The maximum atomic E-state index is 13.0. The van der Waals surface area contributed by atoms with Gasteiger partial charge in [-0.05, 0) is 43.3 Å². The van der Waals surface area contributed by atoms with Crippen LogP contribution < -0.4 is 15.8 Å². The smallest absolute Gasteiger partial charge is 0.407 e. The number of carbonyl (C=O) groups is 1. The van der Waals surface area contributed by atoms with Crippen LogP contribution in [-0.2, 0) is 11.0 Å². The third-order valence-corrected chi connectivity index (χ3v) is 3.57. The Kier molecular flexibility index (Phi) is 5.61. The van der Waals surface area contributed by atoms with Crippen molar-refractivity contribution in [1.82, 2.24) is 0 Å². The van der Waals surface area contributed by atoms with Gasteiger partial charge in [0.25, 0.3) is 5.91 Å². The fourth-order valence-electron chi connectivity index (χ4n) is 2.06. The minimum Gasteiger partial charge on any atom is -0.490 e. The SMILES string of the molecule is [C-]#[N+]c1ccc(NC(=O)[C@@](C)(O)COc2ccc(N)cc2)cc1C(F)(F)F. The number of hydrogen-bond donors (Lipinski definition) is 3. The summed E-state index contributed by atoms with van der Waals surface area (Å²) in [5.74, 6) is -0.598. The molecule has 9 heteroatoms. The van der Waals surface area contributed by atoms with Crippen LogP contribution in [0.4, 0.5) is 30.2 Å². The second kappa shape index (κ2) is 7.55. The number of nitrogens with zero attached hydrogens (tertiary/aromatic N) is 1. The normalized spacial score (nSPS) is 13.3. The molecule has 1 amide bonds. The maximum absolute atomic E-state index is 13.0. The lowest BCUT2D eigenvalue weighted by Gasteiger charge is -2.23. The molecule has 0 aliphatic carbocycles. The summed E-state index contributed by atoms with van der Waals surface area (Å²) in [5, 5.41) is 12.5. The predicted molar refractivity (Wildman–Crippen MR) is 93.3 cm³/mol. The monoisotopic (exact) mass is 379 g/mol. The summed E-state index contributed by atoms with van der Waals surface area (Å²) in [6, 6.07) is 8.97. The van der Waals surface area contributed by atoms with Crippen LogP contribution in [0.3, 0.4) is 0 Å². The first kappa shape index (κ1) is 20.1. The van der Waals surface area contributed by atoms with E-state index >= 15 is 0 Å². The lowest BCUT2D eigenvalue weighted by atomic mass is 10.1. The van der Waals surface area contributed by atoms with E-state index in [9.17, 15) is 23.1 Å². The molecule has 0 fully saturated rings. The van der Waals surface area contributed by atoms with Crippen LogP contribution in [-0.4, -0.2) is 23.2 Å². The number of hydrogen-bond acceptors (Lipinski definition) is 4. The summed E-state index contributed by atoms with van der Waals surface area (Å²) >= 11 is 0. The van der Waals surface area contributed by atoms with E-state index in [1.54, 1.807) is 24.3 Å². The van der Waals surface area contributed by atoms with Crippen molar-refractivity contribution in [2.75, 3.05) is 17.7 Å². The number of carbonyl (C=O) groups excluding carboxylic acids is 1. The molecule has 0 aliphatic rings. The molecule has 2 rings (SSSR count). The zero-order chi connectivity index (χ0) is 20.2. The number of anilines is 2. The van der Waals surface area contributed by atoms with E-state index in [0.29, 0.717) is 17.5 Å². The van der Waals surface area contributed by atoms with Crippen LogP contribution in [0.25, 0.3) is 4.85 Å². The number of halogens is 3. The summed E-state index contributed by atoms with van der Waals surface area (Å²) in [5.41, 5.74) is 2.07. The maximum Gasteiger partial charge on any atom is 0.407 e. The summed E-state index contributed by atoms with van der Waals surface area (Å²) in [6.07, 6.45) is -4.75. The largest absolute Gasteiger partial charge is 0.490 e. The van der Waals surface area contributed by atoms with Crippen molar-refractivity contribution in [3.8, 4) is 5.75 Å². The standard InChI is InChI=1S/C18H16F3N3O3/c1-17(26,10-27-13-6-3-11(22)4-7-13)16(25)24-12-5-8-15(23-2)14(9-12)18(19,20)21/h3-9,26H,10,22H2,1H3,(H,24,25)/t17-/m0/s1. The molecule has 0 radical (unpaired) electrons. The van der Waals surface area contributed by atoms with Crippen LogP contribution in [0.1, 0.15) is 12.5 Å². The molecule has 2 aromatic carbocycles. The van der Waals surface area contributed by atoms with Crippen LogP contribution in [0.5, 0.6) is 5.75 Å². The molecule has 6 nitrogen and oxygen atoms in total. The minimum absolute atomic E-state index is 0.201. The van der Waals surface area contributed by atoms with E-state index in [-0.39, 0.29) is 5.69 Å². The van der Waals surface area contributed by atoms with Gasteiger partial charge in [0.1, 0.15) is 12.4 Å². The molecule has 0 heterocycles. The fourth-order valence-corrected chi connectivity index (χ4v) is 2.06. The molecule has 27 heavy (non-hydrogen) atoms. The molecular formula is C18H16F3N3O3. The van der Waals surface area contributed by atoms with Gasteiger partial charge in [0.15, 0.2) is 11.3 Å². The van der Waals surface area contributed by atoms with Crippen molar-refractivity contribution in [2.24, 2.45) is 0 Å². The van der Waals surface area contributed by atoms with Gasteiger partial charge in [-0.3, -0.25) is 4.79 Å². The molecule has 0 aromatic heterocycles. The van der Waals surface area contributed by atoms with Gasteiger partial charge in [0.2, 0.25) is 0 Å². The summed E-state index contributed by atoms with van der Waals surface area (Å²) in [4.78, 5) is 15.0. The first-order valence-corrected chi connectivity index (χ1v) is 7.64. The highest BCUT2D eigenvalue weighted by atomic mass is 19.4. The zero-order valence-corrected chi connectivity index (χ0v) is 14.2. The first-order chi connectivity index (χ1) is 12.5. The summed E-state index contributed by atoms with van der Waals surface area (Å²) < 4.78 is 44.3. The molecule has 4 N–H and O–H groups in total. The molecule has 0 bridgehead atoms. The summed E-state index contributed by atoms with van der Waals surface area (Å²) in [6.45, 7) is 7.53. The average molecular weight is 379 g/mol. The molecule has 142 valence electrons. The van der Waals surface area contributed by atoms with Crippen LogP contribution in [0.15, 0.2) is 42.5 Å². The van der Waals surface area contributed by atoms with Gasteiger partial charge in [-0.15, -0.1) is 0 Å². The molecule has 0 unspecified atom stereocenters. The van der Waals surface area contributed by atoms with Crippen molar-refractivity contribution in [3.05, 3.63) is 59.4 Å². The van der Waals surface area contributed by atoms with Crippen molar-refractivity contribution in [2.45, 2.75) is 18.7 Å². The Bertz CT molecular complexity index is 872. The number of amides is 1. The number of alkyl halides is 3. The zero-order valence-electron chi connectivity index (χ0n) is 14.2. The van der Waals surface area contributed by atoms with Gasteiger partial charge < -0.3 is 20.9 Å². The number of aliphatic hydroxyl groups is 1. The van der Waals surface area contributed by atoms with Crippen molar-refractivity contribution in [3.63, 3.8) is 0 Å². The molecule has 0 saturated carbocycles. The number of nitrogen functional groups attached to an aromatic ring is 1. The highest BCUT2D eigenvalue weighted by Crippen LogP contribution is 2.38. The van der Waals surface area contributed by atoms with Crippen molar-refractivity contribution >= 4 is 23.0 Å². The van der Waals surface area contributed by atoms with Gasteiger partial charge >= 0.3 is 6.18 Å². The average Bonchev–Trinajstić information content (AvgIpc) is 2.60. The third kappa shape index (κ3) is 5.12. The molecule has 0 aliphatic heterocycles. The van der Waals surface area contributed by atoms with Gasteiger partial charge in [0.05, 0.1) is 12.1 Å². The van der Waals surface area contributed by atoms with E-state index in [1.807, 2.05) is 0 Å². The van der Waals surface area contributed by atoms with Gasteiger partial charge in [0, 0.05) is 11.4 Å². The second-order valence-electron chi connectivity index (χ2n) is 5.93. The topological polar surface area (TPSA) is 88.9 Å². The Hall–Kier alpha value is -3.25. The van der Waals surface area contributed by atoms with Crippen LogP contribution in [0.2, 0.25) is 0 Å². The molecule has 1 atom stereocenters. The lowest BCUT2D eigenvalue weighted by Crippen LogP contribution is -2.45. The number of nitrogens with one attached hydrogen (secondary N) is 1. The van der Waals surface area contributed by atoms with Gasteiger partial charge in [-0.25, -0.2) is 4.85 Å². The quantitative estimate of drug-likeness (QED) is 0.547. The highest BCUT2D eigenvalue weighted by Gasteiger charge is 2.35. The second-order valence-corrected chi connectivity index (χ2v) is 5.93. The van der Waals surface area contributed by atoms with E-state index in [0.717, 1.165) is 19.1 Å². The lowest BCUT2D eigenvalue weighted by molar-refractivity contribution is -0.137. The fraction of sp³-hybridized carbons (Fsp3) is 0.222. The van der Waals surface area contributed by atoms with Gasteiger partial charge in [-0.1, -0.05) is 6.07 Å². The van der Waals surface area contributed by atoms with E-state index in [2.05, 4.69) is 10.2 Å². The van der Waals surface area contributed by atoms with Crippen molar-refractivity contribution < 1.29 is 27.8 Å². The van der Waals surface area contributed by atoms with Crippen LogP contribution in [0, 0.1) is 6.57 Å².